The summed E-state index contributed by atoms with van der Waals surface area (Å²) in [5, 5.41) is 7.16. The van der Waals surface area contributed by atoms with Gasteiger partial charge in [0.25, 0.3) is 5.91 Å². The van der Waals surface area contributed by atoms with Gasteiger partial charge in [-0.15, -0.1) is 0 Å². The van der Waals surface area contributed by atoms with Crippen LogP contribution in [-0.2, 0) is 13.1 Å². The molecule has 1 amide bonds. The number of rotatable bonds is 5. The number of benzene rings is 1. The van der Waals surface area contributed by atoms with Crippen molar-refractivity contribution >= 4 is 16.9 Å². The van der Waals surface area contributed by atoms with Crippen LogP contribution in [0.5, 0.6) is 0 Å². The van der Waals surface area contributed by atoms with Gasteiger partial charge < -0.3 is 9.47 Å². The Morgan fingerprint density at radius 2 is 2.11 bits per heavy atom. The number of aromatic amines is 1. The number of amides is 1. The van der Waals surface area contributed by atoms with E-state index in [1.54, 1.807) is 36.7 Å². The van der Waals surface area contributed by atoms with Crippen LogP contribution in [-0.4, -0.2) is 42.6 Å². The quantitative estimate of drug-likeness (QED) is 0.593. The van der Waals surface area contributed by atoms with E-state index in [0.29, 0.717) is 18.8 Å². The summed E-state index contributed by atoms with van der Waals surface area (Å²) in [5.41, 5.74) is 5.39. The van der Waals surface area contributed by atoms with Crippen LogP contribution in [0.3, 0.4) is 0 Å². The van der Waals surface area contributed by atoms with Crippen LogP contribution in [0.25, 0.3) is 11.0 Å². The number of H-pyrrole nitrogens is 1. The highest BCUT2D eigenvalue weighted by atomic mass is 16.2. The molecule has 0 radical (unpaired) electrons. The number of pyridine rings is 1. The average Bonchev–Trinajstić information content (AvgIpc) is 3.31. The number of nitrogens with one attached hydrogen (secondary N) is 1. The Labute approximate surface area is 156 Å². The van der Waals surface area contributed by atoms with Gasteiger partial charge in [-0.1, -0.05) is 12.1 Å². The van der Waals surface area contributed by atoms with Crippen LogP contribution in [0.1, 0.15) is 27.3 Å². The molecular weight excluding hydrogens is 340 g/mol. The van der Waals surface area contributed by atoms with Crippen molar-refractivity contribution in [3.8, 4) is 0 Å². The van der Waals surface area contributed by atoms with Gasteiger partial charge in [0, 0.05) is 26.0 Å². The molecule has 0 bridgehead atoms. The molecule has 1 aromatic carbocycles. The van der Waals surface area contributed by atoms with E-state index in [4.69, 9.17) is 0 Å². The number of fused-ring (bicyclic) bond motifs is 1. The first-order valence-electron chi connectivity index (χ1n) is 8.71. The second kappa shape index (κ2) is 7.03. The van der Waals surface area contributed by atoms with Crippen molar-refractivity contribution in [1.29, 1.82) is 0 Å². The molecule has 0 atom stereocenters. The smallest absolute Gasteiger partial charge is 0.274 e. The Morgan fingerprint density at radius 3 is 2.96 bits per heavy atom. The van der Waals surface area contributed by atoms with Crippen molar-refractivity contribution in [2.24, 2.45) is 0 Å². The van der Waals surface area contributed by atoms with Crippen molar-refractivity contribution < 1.29 is 4.79 Å². The van der Waals surface area contributed by atoms with Crippen LogP contribution in [0.4, 0.5) is 0 Å². The maximum absolute atomic E-state index is 12.7. The first kappa shape index (κ1) is 17.0. The van der Waals surface area contributed by atoms with E-state index in [9.17, 15) is 4.79 Å². The zero-order valence-corrected chi connectivity index (χ0v) is 15.3. The van der Waals surface area contributed by atoms with Gasteiger partial charge >= 0.3 is 0 Å². The molecule has 3 heterocycles. The van der Waals surface area contributed by atoms with Crippen LogP contribution in [0.2, 0.25) is 0 Å². The van der Waals surface area contributed by atoms with E-state index in [1.165, 1.54) is 0 Å². The molecule has 136 valence electrons. The zero-order valence-electron chi connectivity index (χ0n) is 15.3. The van der Waals surface area contributed by atoms with Gasteiger partial charge in [0.1, 0.15) is 5.69 Å². The lowest BCUT2D eigenvalue weighted by atomic mass is 10.1. The summed E-state index contributed by atoms with van der Waals surface area (Å²) in [6.45, 7) is 3.08. The van der Waals surface area contributed by atoms with Gasteiger partial charge in [-0.3, -0.25) is 14.9 Å². The number of hydrogen-bond donors (Lipinski definition) is 1. The molecule has 4 rings (SSSR count). The molecule has 0 aliphatic rings. The molecule has 1 N–H and O–H groups in total. The fourth-order valence-electron chi connectivity index (χ4n) is 3.07. The monoisotopic (exact) mass is 360 g/mol. The van der Waals surface area contributed by atoms with Crippen molar-refractivity contribution in [3.05, 3.63) is 77.6 Å². The fraction of sp³-hybridized carbons (Fsp3) is 0.200. The third-order valence-electron chi connectivity index (χ3n) is 4.61. The summed E-state index contributed by atoms with van der Waals surface area (Å²) in [6, 6.07) is 11.7. The number of aryl methyl sites for hydroxylation is 1. The van der Waals surface area contributed by atoms with Crippen LogP contribution in [0.15, 0.2) is 55.1 Å². The lowest BCUT2D eigenvalue weighted by molar-refractivity contribution is 0.0779. The normalized spacial score (nSPS) is 11.0. The Balaban J connectivity index is 1.48. The molecule has 0 aliphatic heterocycles. The molecule has 3 aromatic heterocycles. The zero-order chi connectivity index (χ0) is 18.8. The fourth-order valence-corrected chi connectivity index (χ4v) is 3.07. The lowest BCUT2D eigenvalue weighted by Crippen LogP contribution is -2.26. The van der Waals surface area contributed by atoms with E-state index < -0.39 is 0 Å². The number of imidazole rings is 1. The number of carbonyl (C=O) groups is 1. The molecule has 0 saturated carbocycles. The van der Waals surface area contributed by atoms with Gasteiger partial charge in [-0.25, -0.2) is 4.98 Å². The van der Waals surface area contributed by atoms with Crippen molar-refractivity contribution in [1.82, 2.24) is 29.6 Å². The summed E-state index contributed by atoms with van der Waals surface area (Å²) in [4.78, 5) is 22.8. The second-order valence-corrected chi connectivity index (χ2v) is 6.60. The van der Waals surface area contributed by atoms with Crippen molar-refractivity contribution in [3.63, 3.8) is 0 Å². The maximum Gasteiger partial charge on any atom is 0.274 e. The summed E-state index contributed by atoms with van der Waals surface area (Å²) in [7, 11) is 1.78. The van der Waals surface area contributed by atoms with Crippen molar-refractivity contribution in [2.45, 2.75) is 20.0 Å². The number of nitrogens with zero attached hydrogens (tertiary/aromatic N) is 5. The van der Waals surface area contributed by atoms with E-state index in [-0.39, 0.29) is 5.91 Å². The highest BCUT2D eigenvalue weighted by molar-refractivity contribution is 5.92. The maximum atomic E-state index is 12.7. The number of hydrogen-bond acceptors (Lipinski definition) is 4. The standard InChI is InChI=1S/C20H20N6O/c1-14-10-21-8-7-15(14)11-25(2)20(27)18-9-16(23-24-18)12-26-13-22-17-5-3-4-6-19(17)26/h3-10,13H,11-12H2,1-2H3,(H,23,24). The largest absolute Gasteiger partial charge is 0.336 e. The van der Waals surface area contributed by atoms with Gasteiger partial charge in [0.2, 0.25) is 0 Å². The van der Waals surface area contributed by atoms with Crippen LogP contribution < -0.4 is 0 Å². The molecule has 7 heteroatoms. The summed E-state index contributed by atoms with van der Waals surface area (Å²) in [6.07, 6.45) is 5.34. The Hall–Kier alpha value is -3.48. The summed E-state index contributed by atoms with van der Waals surface area (Å²) in [5.74, 6) is -0.121. The summed E-state index contributed by atoms with van der Waals surface area (Å²) < 4.78 is 2.03. The molecule has 0 spiro atoms. The number of aromatic nitrogens is 5. The lowest BCUT2D eigenvalue weighted by Gasteiger charge is -2.17. The molecule has 0 unspecified atom stereocenters. The first-order valence-corrected chi connectivity index (χ1v) is 8.71. The molecule has 0 aliphatic carbocycles. The second-order valence-electron chi connectivity index (χ2n) is 6.60. The van der Waals surface area contributed by atoms with E-state index in [0.717, 1.165) is 27.9 Å². The molecule has 4 aromatic rings. The van der Waals surface area contributed by atoms with Gasteiger partial charge in [-0.2, -0.15) is 5.10 Å². The summed E-state index contributed by atoms with van der Waals surface area (Å²) >= 11 is 0. The van der Waals surface area contributed by atoms with E-state index in [2.05, 4.69) is 20.2 Å². The minimum Gasteiger partial charge on any atom is -0.336 e. The molecule has 0 saturated heterocycles. The highest BCUT2D eigenvalue weighted by Crippen LogP contribution is 2.15. The third kappa shape index (κ3) is 3.44. The molecule has 27 heavy (non-hydrogen) atoms. The minimum absolute atomic E-state index is 0.121. The Kier molecular flexibility index (Phi) is 4.42. The first-order chi connectivity index (χ1) is 13.1. The number of para-hydroxylation sites is 2. The van der Waals surface area contributed by atoms with Crippen molar-refractivity contribution in [2.75, 3.05) is 7.05 Å². The van der Waals surface area contributed by atoms with E-state index in [1.807, 2.05) is 41.8 Å². The minimum atomic E-state index is -0.121. The molecule has 7 nitrogen and oxygen atoms in total. The molecular formula is C20H20N6O. The molecule has 0 fully saturated rings. The predicted molar refractivity (Wildman–Crippen MR) is 102 cm³/mol. The van der Waals surface area contributed by atoms with Crippen LogP contribution in [0, 0.1) is 6.92 Å². The Morgan fingerprint density at radius 1 is 1.26 bits per heavy atom. The van der Waals surface area contributed by atoms with Gasteiger partial charge in [-0.05, 0) is 42.3 Å². The third-order valence-corrected chi connectivity index (χ3v) is 4.61. The van der Waals surface area contributed by atoms with E-state index >= 15 is 0 Å². The predicted octanol–water partition coefficient (Wildman–Crippen LogP) is 2.78. The SMILES string of the molecule is Cc1cnccc1CN(C)C(=O)c1cc(Cn2cnc3ccccc32)[nH]n1. The topological polar surface area (TPSA) is 79.7 Å². The number of carbonyl (C=O) groups excluding carboxylic acids is 1. The van der Waals surface area contributed by atoms with Crippen LogP contribution >= 0.6 is 0 Å². The van der Waals surface area contributed by atoms with Gasteiger partial charge in [0.15, 0.2) is 0 Å². The highest BCUT2D eigenvalue weighted by Gasteiger charge is 2.17. The van der Waals surface area contributed by atoms with Gasteiger partial charge in [0.05, 0.1) is 29.6 Å². The average molecular weight is 360 g/mol. The Bertz CT molecular complexity index is 1100.